The molecule has 1 saturated heterocycles. The molecule has 94 valence electrons. The summed E-state index contributed by atoms with van der Waals surface area (Å²) in [6.45, 7) is 5.45. The van der Waals surface area contributed by atoms with Crippen molar-refractivity contribution in [3.63, 3.8) is 0 Å². The predicted octanol–water partition coefficient (Wildman–Crippen LogP) is 2.42. The molecule has 0 saturated carbocycles. The third-order valence-electron chi connectivity index (χ3n) is 3.59. The van der Waals surface area contributed by atoms with Crippen molar-refractivity contribution in [2.75, 3.05) is 24.5 Å². The average molecular weight is 241 g/mol. The molecule has 3 heteroatoms. The third kappa shape index (κ3) is 1.95. The van der Waals surface area contributed by atoms with E-state index >= 15 is 0 Å². The molecule has 1 aliphatic rings. The van der Waals surface area contributed by atoms with Gasteiger partial charge in [0.15, 0.2) is 0 Å². The number of hydrogen-bond acceptors (Lipinski definition) is 3. The minimum Gasteiger partial charge on any atom is -0.351 e. The first-order valence-electron chi connectivity index (χ1n) is 6.71. The maximum atomic E-state index is 4.63. The molecule has 2 heterocycles. The maximum absolute atomic E-state index is 4.63. The van der Waals surface area contributed by atoms with E-state index in [9.17, 15) is 0 Å². The smallest absolute Gasteiger partial charge is 0.136 e. The van der Waals surface area contributed by atoms with E-state index in [1.54, 1.807) is 0 Å². The predicted molar refractivity (Wildman–Crippen MR) is 76.0 cm³/mol. The lowest BCUT2D eigenvalue weighted by Gasteiger charge is -2.39. The second-order valence-electron chi connectivity index (χ2n) is 4.86. The quantitative estimate of drug-likeness (QED) is 0.891. The van der Waals surface area contributed by atoms with Crippen molar-refractivity contribution in [2.45, 2.75) is 19.4 Å². The zero-order valence-electron chi connectivity index (χ0n) is 10.8. The minimum absolute atomic E-state index is 0.600. The number of nitrogens with zero attached hydrogens (tertiary/aromatic N) is 2. The first kappa shape index (κ1) is 11.5. The molecule has 1 aromatic heterocycles. The van der Waals surface area contributed by atoms with Crippen molar-refractivity contribution < 1.29 is 0 Å². The number of pyridine rings is 1. The van der Waals surface area contributed by atoms with E-state index in [-0.39, 0.29) is 0 Å². The number of fused-ring (bicyclic) bond motifs is 1. The summed E-state index contributed by atoms with van der Waals surface area (Å²) in [5.74, 6) is 1.14. The molecule has 18 heavy (non-hydrogen) atoms. The van der Waals surface area contributed by atoms with Crippen molar-refractivity contribution in [3.8, 4) is 0 Å². The highest BCUT2D eigenvalue weighted by Crippen LogP contribution is 2.26. The molecule has 0 bridgehead atoms. The van der Waals surface area contributed by atoms with Gasteiger partial charge in [-0.2, -0.15) is 0 Å². The number of anilines is 1. The normalized spacial score (nSPS) is 15.6. The second-order valence-corrected chi connectivity index (χ2v) is 4.86. The van der Waals surface area contributed by atoms with Crippen molar-refractivity contribution in [1.82, 2.24) is 10.3 Å². The van der Waals surface area contributed by atoms with Crippen LogP contribution in [0.15, 0.2) is 36.5 Å². The van der Waals surface area contributed by atoms with Gasteiger partial charge >= 0.3 is 0 Å². The molecule has 0 radical (unpaired) electrons. The molecule has 0 amide bonds. The molecule has 1 aliphatic heterocycles. The highest BCUT2D eigenvalue weighted by Gasteiger charge is 2.25. The SMILES string of the molecule is CCCN(c1nccc2ccccc12)C1CNC1. The summed E-state index contributed by atoms with van der Waals surface area (Å²) < 4.78 is 0. The molecule has 0 aliphatic carbocycles. The second kappa shape index (κ2) is 4.94. The van der Waals surface area contributed by atoms with Gasteiger partial charge in [-0.15, -0.1) is 0 Å². The Balaban J connectivity index is 2.04. The lowest BCUT2D eigenvalue weighted by atomic mass is 10.1. The van der Waals surface area contributed by atoms with E-state index < -0.39 is 0 Å². The van der Waals surface area contributed by atoms with Crippen LogP contribution in [0.5, 0.6) is 0 Å². The molecule has 1 aromatic carbocycles. The topological polar surface area (TPSA) is 28.2 Å². The van der Waals surface area contributed by atoms with E-state index in [2.05, 4.69) is 52.5 Å². The maximum Gasteiger partial charge on any atom is 0.136 e. The van der Waals surface area contributed by atoms with Gasteiger partial charge in [-0.3, -0.25) is 0 Å². The van der Waals surface area contributed by atoms with E-state index in [0.717, 1.165) is 31.9 Å². The van der Waals surface area contributed by atoms with Crippen molar-refractivity contribution >= 4 is 16.6 Å². The van der Waals surface area contributed by atoms with Gasteiger partial charge in [0.25, 0.3) is 0 Å². The third-order valence-corrected chi connectivity index (χ3v) is 3.59. The van der Waals surface area contributed by atoms with Gasteiger partial charge in [-0.1, -0.05) is 31.2 Å². The fourth-order valence-electron chi connectivity index (χ4n) is 2.53. The number of hydrogen-bond donors (Lipinski definition) is 1. The van der Waals surface area contributed by atoms with Gasteiger partial charge in [0, 0.05) is 31.2 Å². The standard InChI is InChI=1S/C15H19N3/c1-2-9-18(13-10-16-11-13)15-14-6-4-3-5-12(14)7-8-17-15/h3-8,13,16H,2,9-11H2,1H3. The van der Waals surface area contributed by atoms with Crippen LogP contribution in [-0.2, 0) is 0 Å². The Bertz CT molecular complexity index is 529. The molecule has 0 unspecified atom stereocenters. The van der Waals surface area contributed by atoms with Crippen molar-refractivity contribution in [1.29, 1.82) is 0 Å². The van der Waals surface area contributed by atoms with Crippen molar-refractivity contribution in [2.24, 2.45) is 0 Å². The summed E-state index contributed by atoms with van der Waals surface area (Å²) in [6, 6.07) is 11.2. The minimum atomic E-state index is 0.600. The number of aromatic nitrogens is 1. The Morgan fingerprint density at radius 2 is 2.11 bits per heavy atom. The lowest BCUT2D eigenvalue weighted by Crippen LogP contribution is -2.57. The molecular weight excluding hydrogens is 222 g/mol. The van der Waals surface area contributed by atoms with Crippen LogP contribution in [-0.4, -0.2) is 30.7 Å². The first-order valence-corrected chi connectivity index (χ1v) is 6.71. The van der Waals surface area contributed by atoms with E-state index in [4.69, 9.17) is 0 Å². The van der Waals surface area contributed by atoms with Crippen molar-refractivity contribution in [3.05, 3.63) is 36.5 Å². The van der Waals surface area contributed by atoms with Gasteiger partial charge < -0.3 is 10.2 Å². The molecule has 0 atom stereocenters. The fourth-order valence-corrected chi connectivity index (χ4v) is 2.53. The fraction of sp³-hybridized carbons (Fsp3) is 0.400. The van der Waals surface area contributed by atoms with Crippen LogP contribution in [0.25, 0.3) is 10.8 Å². The van der Waals surface area contributed by atoms with E-state index in [1.165, 1.54) is 10.8 Å². The average Bonchev–Trinajstić information content (AvgIpc) is 2.35. The summed E-state index contributed by atoms with van der Waals surface area (Å²) in [6.07, 6.45) is 3.08. The highest BCUT2D eigenvalue weighted by molar-refractivity contribution is 5.92. The summed E-state index contributed by atoms with van der Waals surface area (Å²) in [4.78, 5) is 7.08. The zero-order valence-corrected chi connectivity index (χ0v) is 10.8. The number of nitrogens with one attached hydrogen (secondary N) is 1. The van der Waals surface area contributed by atoms with Crippen LogP contribution in [0.3, 0.4) is 0 Å². The number of benzene rings is 1. The largest absolute Gasteiger partial charge is 0.351 e. The van der Waals surface area contributed by atoms with Gasteiger partial charge in [0.05, 0.1) is 6.04 Å². The van der Waals surface area contributed by atoms with Gasteiger partial charge in [0.1, 0.15) is 5.82 Å². The Labute approximate surface area is 108 Å². The van der Waals surface area contributed by atoms with Gasteiger partial charge in [-0.25, -0.2) is 4.98 Å². The van der Waals surface area contributed by atoms with Crippen LogP contribution < -0.4 is 10.2 Å². The summed E-state index contributed by atoms with van der Waals surface area (Å²) in [5.41, 5.74) is 0. The summed E-state index contributed by atoms with van der Waals surface area (Å²) in [7, 11) is 0. The van der Waals surface area contributed by atoms with Crippen LogP contribution in [0, 0.1) is 0 Å². The molecule has 3 nitrogen and oxygen atoms in total. The van der Waals surface area contributed by atoms with Crippen LogP contribution in [0.2, 0.25) is 0 Å². The lowest BCUT2D eigenvalue weighted by molar-refractivity contribution is 0.411. The van der Waals surface area contributed by atoms with Crippen LogP contribution in [0.4, 0.5) is 5.82 Å². The summed E-state index contributed by atoms with van der Waals surface area (Å²) >= 11 is 0. The van der Waals surface area contributed by atoms with E-state index in [1.807, 2.05) is 6.20 Å². The number of rotatable bonds is 4. The van der Waals surface area contributed by atoms with Gasteiger partial charge in [-0.05, 0) is 17.9 Å². The van der Waals surface area contributed by atoms with E-state index in [0.29, 0.717) is 6.04 Å². The summed E-state index contributed by atoms with van der Waals surface area (Å²) in [5, 5.41) is 5.89. The van der Waals surface area contributed by atoms with Gasteiger partial charge in [0.2, 0.25) is 0 Å². The Morgan fingerprint density at radius 3 is 2.83 bits per heavy atom. The molecular formula is C15H19N3. The Kier molecular flexibility index (Phi) is 3.15. The van der Waals surface area contributed by atoms with Crippen LogP contribution in [0.1, 0.15) is 13.3 Å². The monoisotopic (exact) mass is 241 g/mol. The first-order chi connectivity index (χ1) is 8.90. The molecule has 1 N–H and O–H groups in total. The molecule has 2 aromatic rings. The highest BCUT2D eigenvalue weighted by atomic mass is 15.3. The molecule has 0 spiro atoms. The van der Waals surface area contributed by atoms with Crippen LogP contribution >= 0.6 is 0 Å². The zero-order chi connectivity index (χ0) is 12.4. The Morgan fingerprint density at radius 1 is 1.28 bits per heavy atom. The molecule has 3 rings (SSSR count). The molecule has 1 fully saturated rings. The Hall–Kier alpha value is -1.61.